The van der Waals surface area contributed by atoms with Crippen molar-refractivity contribution in [2.45, 2.75) is 50.3 Å². The third-order valence-corrected chi connectivity index (χ3v) is 6.49. The number of halogens is 4. The number of alkyl halides is 3. The van der Waals surface area contributed by atoms with Crippen LogP contribution in [0.5, 0.6) is 0 Å². The minimum Gasteiger partial charge on any atom is -0.494 e. The lowest BCUT2D eigenvalue weighted by molar-refractivity contribution is -0.169. The minimum absolute atomic E-state index is 0.0100. The van der Waals surface area contributed by atoms with Crippen molar-refractivity contribution in [3.05, 3.63) is 75.6 Å². The summed E-state index contributed by atoms with van der Waals surface area (Å²) < 4.78 is 75.2. The number of methoxy groups -OCH3 is 1. The van der Waals surface area contributed by atoms with Gasteiger partial charge >= 0.3 is 0 Å². The maximum absolute atomic E-state index is 15.2. The minimum atomic E-state index is -3.24. The van der Waals surface area contributed by atoms with Gasteiger partial charge in [0.2, 0.25) is 0 Å². The average Bonchev–Trinajstić information content (AvgIpc) is 3.07. The van der Waals surface area contributed by atoms with E-state index in [1.54, 1.807) is 19.1 Å². The molecular weight excluding hydrogens is 450 g/mol. The molecular formula is C26H25F4NO3. The number of benzene rings is 2. The van der Waals surface area contributed by atoms with E-state index in [2.05, 4.69) is 6.58 Å². The molecule has 0 heterocycles. The van der Waals surface area contributed by atoms with E-state index >= 15 is 8.78 Å². The molecule has 0 aromatic heterocycles. The fraction of sp³-hybridized carbons (Fsp3) is 0.423. The molecule has 0 bridgehead atoms. The van der Waals surface area contributed by atoms with Crippen LogP contribution in [0, 0.1) is 17.1 Å². The highest BCUT2D eigenvalue weighted by Crippen LogP contribution is 2.53. The third-order valence-electron chi connectivity index (χ3n) is 6.49. The van der Waals surface area contributed by atoms with E-state index in [0.717, 1.165) is 12.1 Å². The standard InChI is InChI=1S/C26H25F4NO3/c1-4-33-14(2)17-5-6-18(21-11-26(29,30)25(24(17)21)34-13-32-3)19-7-8-22(28)20-10-16(27)9-15(12-31)23(19)20/h5-6,9-10,19,22,25H,2,4,7-8,11,13H2,1,3H3/t19-,22+,25+/m1/s1. The van der Waals surface area contributed by atoms with Crippen molar-refractivity contribution >= 4 is 5.76 Å². The van der Waals surface area contributed by atoms with Crippen LogP contribution in [0.2, 0.25) is 0 Å². The zero-order valence-corrected chi connectivity index (χ0v) is 19.0. The highest BCUT2D eigenvalue weighted by atomic mass is 19.3. The monoisotopic (exact) mass is 475 g/mol. The normalized spacial score (nSPS) is 22.6. The molecule has 0 radical (unpaired) electrons. The predicted octanol–water partition coefficient (Wildman–Crippen LogP) is 6.49. The van der Waals surface area contributed by atoms with E-state index in [1.165, 1.54) is 7.11 Å². The van der Waals surface area contributed by atoms with Crippen molar-refractivity contribution in [3.63, 3.8) is 0 Å². The van der Waals surface area contributed by atoms with Crippen LogP contribution in [0.3, 0.4) is 0 Å². The van der Waals surface area contributed by atoms with Gasteiger partial charge in [0.1, 0.15) is 24.5 Å². The van der Waals surface area contributed by atoms with Crippen molar-refractivity contribution in [3.8, 4) is 6.07 Å². The lowest BCUT2D eigenvalue weighted by Crippen LogP contribution is -2.25. The highest BCUT2D eigenvalue weighted by Gasteiger charge is 2.51. The van der Waals surface area contributed by atoms with E-state index in [9.17, 15) is 14.0 Å². The molecule has 3 atom stereocenters. The zero-order chi connectivity index (χ0) is 24.6. The Bertz CT molecular complexity index is 1160. The molecule has 2 aromatic rings. The van der Waals surface area contributed by atoms with E-state index in [1.807, 2.05) is 6.07 Å². The van der Waals surface area contributed by atoms with Crippen molar-refractivity contribution in [2.75, 3.05) is 20.5 Å². The Kier molecular flexibility index (Phi) is 6.70. The summed E-state index contributed by atoms with van der Waals surface area (Å²) in [5.74, 6) is -4.25. The fourth-order valence-electron chi connectivity index (χ4n) is 5.18. The number of rotatable bonds is 7. The molecule has 0 saturated carbocycles. The number of hydrogen-bond acceptors (Lipinski definition) is 4. The molecule has 0 fully saturated rings. The van der Waals surface area contributed by atoms with Crippen LogP contribution < -0.4 is 0 Å². The van der Waals surface area contributed by atoms with Crippen molar-refractivity contribution in [2.24, 2.45) is 0 Å². The second-order valence-corrected chi connectivity index (χ2v) is 8.51. The van der Waals surface area contributed by atoms with E-state index in [4.69, 9.17) is 14.2 Å². The number of nitriles is 1. The smallest absolute Gasteiger partial charge is 0.281 e. The van der Waals surface area contributed by atoms with Crippen molar-refractivity contribution < 1.29 is 31.8 Å². The van der Waals surface area contributed by atoms with Gasteiger partial charge < -0.3 is 14.2 Å². The summed E-state index contributed by atoms with van der Waals surface area (Å²) in [6.07, 6.45) is -3.24. The van der Waals surface area contributed by atoms with Crippen LogP contribution in [0.4, 0.5) is 17.6 Å². The SMILES string of the molecule is C=C(OCC)c1ccc([C@H]2CC[C@H](F)c3cc(F)cc(C#N)c32)c2c1[C@H](OCOC)C(F)(F)C2. The van der Waals surface area contributed by atoms with Crippen LogP contribution in [0.25, 0.3) is 5.76 Å². The molecule has 0 N–H and O–H groups in total. The molecule has 0 saturated heterocycles. The molecule has 180 valence electrons. The number of nitrogens with zero attached hydrogens (tertiary/aromatic N) is 1. The third kappa shape index (κ3) is 4.08. The largest absolute Gasteiger partial charge is 0.494 e. The molecule has 2 aliphatic rings. The van der Waals surface area contributed by atoms with Crippen LogP contribution in [-0.2, 0) is 20.6 Å². The van der Waals surface area contributed by atoms with Gasteiger partial charge in [0.15, 0.2) is 6.10 Å². The quantitative estimate of drug-likeness (QED) is 0.261. The highest BCUT2D eigenvalue weighted by molar-refractivity contribution is 5.67. The summed E-state index contributed by atoms with van der Waals surface area (Å²) in [4.78, 5) is 0. The maximum Gasteiger partial charge on any atom is 0.281 e. The molecule has 0 unspecified atom stereocenters. The second kappa shape index (κ2) is 9.40. The molecule has 2 aromatic carbocycles. The molecule has 4 nitrogen and oxygen atoms in total. The van der Waals surface area contributed by atoms with Crippen molar-refractivity contribution in [1.82, 2.24) is 0 Å². The first kappa shape index (κ1) is 24.2. The summed E-state index contributed by atoms with van der Waals surface area (Å²) in [7, 11) is 1.35. The molecule has 4 rings (SSSR count). The van der Waals surface area contributed by atoms with Crippen LogP contribution >= 0.6 is 0 Å². The Morgan fingerprint density at radius 3 is 2.65 bits per heavy atom. The first-order valence-electron chi connectivity index (χ1n) is 11.1. The van der Waals surface area contributed by atoms with Gasteiger partial charge in [0, 0.05) is 30.6 Å². The first-order valence-corrected chi connectivity index (χ1v) is 11.1. The Hall–Kier alpha value is -2.89. The summed E-state index contributed by atoms with van der Waals surface area (Å²) in [6.45, 7) is 5.63. The van der Waals surface area contributed by atoms with Gasteiger partial charge in [-0.15, -0.1) is 0 Å². The zero-order valence-electron chi connectivity index (χ0n) is 19.0. The molecule has 0 aliphatic heterocycles. The van der Waals surface area contributed by atoms with Crippen molar-refractivity contribution in [1.29, 1.82) is 5.26 Å². The summed E-state index contributed by atoms with van der Waals surface area (Å²) in [5.41, 5.74) is 2.01. The summed E-state index contributed by atoms with van der Waals surface area (Å²) in [5, 5.41) is 9.64. The molecule has 0 amide bonds. The van der Waals surface area contributed by atoms with E-state index in [0.29, 0.717) is 35.3 Å². The van der Waals surface area contributed by atoms with Gasteiger partial charge in [-0.25, -0.2) is 17.6 Å². The van der Waals surface area contributed by atoms with Gasteiger partial charge in [0.05, 0.1) is 18.2 Å². The van der Waals surface area contributed by atoms with E-state index in [-0.39, 0.29) is 35.7 Å². The predicted molar refractivity (Wildman–Crippen MR) is 117 cm³/mol. The molecule has 0 spiro atoms. The van der Waals surface area contributed by atoms with Crippen LogP contribution in [0.15, 0.2) is 30.8 Å². The van der Waals surface area contributed by atoms with Gasteiger partial charge in [-0.05, 0) is 54.2 Å². The Labute approximate surface area is 195 Å². The fourth-order valence-corrected chi connectivity index (χ4v) is 5.18. The van der Waals surface area contributed by atoms with Gasteiger partial charge in [0.25, 0.3) is 5.92 Å². The van der Waals surface area contributed by atoms with E-state index < -0.39 is 36.4 Å². The number of fused-ring (bicyclic) bond motifs is 2. The Morgan fingerprint density at radius 2 is 1.97 bits per heavy atom. The number of ether oxygens (including phenoxy) is 3. The second-order valence-electron chi connectivity index (χ2n) is 8.51. The molecule has 34 heavy (non-hydrogen) atoms. The lowest BCUT2D eigenvalue weighted by Gasteiger charge is -2.31. The van der Waals surface area contributed by atoms with Gasteiger partial charge in [-0.1, -0.05) is 18.7 Å². The number of hydrogen-bond donors (Lipinski definition) is 0. The Morgan fingerprint density at radius 1 is 1.21 bits per heavy atom. The first-order chi connectivity index (χ1) is 16.2. The topological polar surface area (TPSA) is 51.5 Å². The average molecular weight is 475 g/mol. The maximum atomic E-state index is 15.2. The van der Waals surface area contributed by atoms with Gasteiger partial charge in [-0.2, -0.15) is 5.26 Å². The molecule has 8 heteroatoms. The lowest BCUT2D eigenvalue weighted by atomic mass is 9.74. The van der Waals surface area contributed by atoms with Crippen LogP contribution in [0.1, 0.15) is 76.9 Å². The summed E-state index contributed by atoms with van der Waals surface area (Å²) >= 11 is 0. The Balaban J connectivity index is 1.93. The summed E-state index contributed by atoms with van der Waals surface area (Å²) in [6, 6.07) is 7.46. The van der Waals surface area contributed by atoms with Gasteiger partial charge in [-0.3, -0.25) is 0 Å². The van der Waals surface area contributed by atoms with Crippen LogP contribution in [-0.4, -0.2) is 26.4 Å². The molecule has 2 aliphatic carbocycles.